The van der Waals surface area contributed by atoms with Gasteiger partial charge < -0.3 is 5.73 Å². The largest absolute Gasteiger partial charge is 0.405 e. The molecule has 2 N–H and O–H groups in total. The lowest BCUT2D eigenvalue weighted by molar-refractivity contribution is -0.187. The van der Waals surface area contributed by atoms with Crippen LogP contribution >= 0.6 is 0 Å². The molecule has 1 rings (SSSR count). The van der Waals surface area contributed by atoms with Crippen LogP contribution in [0, 0.1) is 6.92 Å². The monoisotopic (exact) mass is 274 g/mol. The first kappa shape index (κ1) is 16.0. The molecule has 108 valence electrons. The SMILES string of the molecule is CCC(N)C(N(C)Cc1cccc(C)c1)C(F)(F)F. The summed E-state index contributed by atoms with van der Waals surface area (Å²) in [7, 11) is 1.47. The highest BCUT2D eigenvalue weighted by Crippen LogP contribution is 2.28. The van der Waals surface area contributed by atoms with E-state index in [1.807, 2.05) is 31.2 Å². The maximum Gasteiger partial charge on any atom is 0.405 e. The molecule has 5 heteroatoms. The van der Waals surface area contributed by atoms with Crippen LogP contribution in [-0.4, -0.2) is 30.2 Å². The number of hydrogen-bond donors (Lipinski definition) is 1. The molecule has 0 bridgehead atoms. The minimum atomic E-state index is -4.31. The molecule has 0 aliphatic rings. The molecule has 0 aromatic heterocycles. The molecular formula is C14H21F3N2. The zero-order valence-corrected chi connectivity index (χ0v) is 11.5. The smallest absolute Gasteiger partial charge is 0.326 e. The van der Waals surface area contributed by atoms with E-state index in [0.29, 0.717) is 6.42 Å². The van der Waals surface area contributed by atoms with E-state index in [4.69, 9.17) is 5.73 Å². The van der Waals surface area contributed by atoms with Crippen molar-refractivity contribution in [2.75, 3.05) is 7.05 Å². The highest BCUT2D eigenvalue weighted by atomic mass is 19.4. The Kier molecular flexibility index (Phi) is 5.38. The minimum absolute atomic E-state index is 0.236. The summed E-state index contributed by atoms with van der Waals surface area (Å²) < 4.78 is 39.2. The average molecular weight is 274 g/mol. The summed E-state index contributed by atoms with van der Waals surface area (Å²) >= 11 is 0. The zero-order valence-electron chi connectivity index (χ0n) is 11.5. The molecule has 0 spiro atoms. The van der Waals surface area contributed by atoms with E-state index in [1.165, 1.54) is 11.9 Å². The Morgan fingerprint density at radius 2 is 1.95 bits per heavy atom. The standard InChI is InChI=1S/C14H21F3N2/c1-4-12(18)13(14(15,16)17)19(3)9-11-7-5-6-10(2)8-11/h5-8,12-13H,4,9,18H2,1-3H3. The van der Waals surface area contributed by atoms with Gasteiger partial charge in [-0.3, -0.25) is 4.90 Å². The van der Waals surface area contributed by atoms with Gasteiger partial charge in [0.2, 0.25) is 0 Å². The summed E-state index contributed by atoms with van der Waals surface area (Å²) in [5.74, 6) is 0. The number of halogens is 3. The van der Waals surface area contributed by atoms with Crippen LogP contribution in [0.15, 0.2) is 24.3 Å². The number of benzene rings is 1. The van der Waals surface area contributed by atoms with E-state index < -0.39 is 18.3 Å². The van der Waals surface area contributed by atoms with Crippen LogP contribution in [0.2, 0.25) is 0 Å². The van der Waals surface area contributed by atoms with Crippen molar-refractivity contribution in [3.63, 3.8) is 0 Å². The topological polar surface area (TPSA) is 29.3 Å². The Hall–Kier alpha value is -1.07. The molecule has 1 aromatic carbocycles. The highest BCUT2D eigenvalue weighted by Gasteiger charge is 2.45. The van der Waals surface area contributed by atoms with Crippen LogP contribution in [0.1, 0.15) is 24.5 Å². The Bertz CT molecular complexity index is 404. The third-order valence-electron chi connectivity index (χ3n) is 3.20. The van der Waals surface area contributed by atoms with Gasteiger partial charge in [0.1, 0.15) is 6.04 Å². The number of aryl methyl sites for hydroxylation is 1. The molecule has 2 nitrogen and oxygen atoms in total. The molecule has 1 aromatic rings. The van der Waals surface area contributed by atoms with Crippen LogP contribution < -0.4 is 5.73 Å². The Morgan fingerprint density at radius 3 is 2.42 bits per heavy atom. The van der Waals surface area contributed by atoms with Gasteiger partial charge in [0.25, 0.3) is 0 Å². The van der Waals surface area contributed by atoms with E-state index in [0.717, 1.165) is 11.1 Å². The summed E-state index contributed by atoms with van der Waals surface area (Å²) in [6.07, 6.45) is -4.02. The molecule has 0 aliphatic carbocycles. The Labute approximate surface area is 112 Å². The summed E-state index contributed by atoms with van der Waals surface area (Å²) in [5, 5.41) is 0. The van der Waals surface area contributed by atoms with Crippen LogP contribution in [0.5, 0.6) is 0 Å². The third kappa shape index (κ3) is 4.51. The maximum absolute atomic E-state index is 13.1. The Morgan fingerprint density at radius 1 is 1.32 bits per heavy atom. The Balaban J connectivity index is 2.86. The van der Waals surface area contributed by atoms with Crippen molar-refractivity contribution >= 4 is 0 Å². The van der Waals surface area contributed by atoms with Gasteiger partial charge in [-0.05, 0) is 26.0 Å². The van der Waals surface area contributed by atoms with Crippen LogP contribution in [0.25, 0.3) is 0 Å². The average Bonchev–Trinajstić information content (AvgIpc) is 2.26. The second-order valence-corrected chi connectivity index (χ2v) is 4.96. The molecule has 19 heavy (non-hydrogen) atoms. The fraction of sp³-hybridized carbons (Fsp3) is 0.571. The van der Waals surface area contributed by atoms with Gasteiger partial charge in [-0.25, -0.2) is 0 Å². The normalized spacial score (nSPS) is 15.6. The third-order valence-corrected chi connectivity index (χ3v) is 3.20. The van der Waals surface area contributed by atoms with Gasteiger partial charge in [0, 0.05) is 12.6 Å². The maximum atomic E-state index is 13.1. The lowest BCUT2D eigenvalue weighted by atomic mass is 10.0. The van der Waals surface area contributed by atoms with E-state index in [-0.39, 0.29) is 6.54 Å². The van der Waals surface area contributed by atoms with Crippen molar-refractivity contribution in [2.45, 2.75) is 45.1 Å². The first-order valence-electron chi connectivity index (χ1n) is 6.33. The lowest BCUT2D eigenvalue weighted by Crippen LogP contribution is -2.54. The molecule has 0 saturated carbocycles. The number of hydrogen-bond acceptors (Lipinski definition) is 2. The fourth-order valence-corrected chi connectivity index (χ4v) is 2.24. The zero-order chi connectivity index (χ0) is 14.6. The first-order chi connectivity index (χ1) is 8.75. The summed E-state index contributed by atoms with van der Waals surface area (Å²) in [6.45, 7) is 3.83. The molecule has 0 fully saturated rings. The van der Waals surface area contributed by atoms with Crippen molar-refractivity contribution in [3.8, 4) is 0 Å². The number of nitrogens with zero attached hydrogens (tertiary/aromatic N) is 1. The van der Waals surface area contributed by atoms with Gasteiger partial charge in [-0.1, -0.05) is 36.8 Å². The fourth-order valence-electron chi connectivity index (χ4n) is 2.24. The van der Waals surface area contributed by atoms with Crippen molar-refractivity contribution < 1.29 is 13.2 Å². The van der Waals surface area contributed by atoms with E-state index in [9.17, 15) is 13.2 Å². The summed E-state index contributed by atoms with van der Waals surface area (Å²) in [5.41, 5.74) is 7.52. The van der Waals surface area contributed by atoms with Gasteiger partial charge in [0.15, 0.2) is 0 Å². The number of alkyl halides is 3. The molecule has 0 radical (unpaired) electrons. The summed E-state index contributed by atoms with van der Waals surface area (Å²) in [4.78, 5) is 1.28. The first-order valence-corrected chi connectivity index (χ1v) is 6.33. The number of likely N-dealkylation sites (N-methyl/N-ethyl adjacent to an activating group) is 1. The van der Waals surface area contributed by atoms with Crippen LogP contribution in [0.3, 0.4) is 0 Å². The molecule has 0 amide bonds. The van der Waals surface area contributed by atoms with Gasteiger partial charge in [0.05, 0.1) is 0 Å². The molecule has 2 unspecified atom stereocenters. The van der Waals surface area contributed by atoms with Crippen molar-refractivity contribution in [2.24, 2.45) is 5.73 Å². The van der Waals surface area contributed by atoms with E-state index in [1.54, 1.807) is 6.92 Å². The minimum Gasteiger partial charge on any atom is -0.326 e. The predicted octanol–water partition coefficient (Wildman–Crippen LogP) is 3.10. The van der Waals surface area contributed by atoms with Crippen molar-refractivity contribution in [3.05, 3.63) is 35.4 Å². The van der Waals surface area contributed by atoms with Crippen molar-refractivity contribution in [1.82, 2.24) is 4.90 Å². The second-order valence-electron chi connectivity index (χ2n) is 4.96. The predicted molar refractivity (Wildman–Crippen MR) is 70.8 cm³/mol. The van der Waals surface area contributed by atoms with Gasteiger partial charge in [-0.2, -0.15) is 13.2 Å². The lowest BCUT2D eigenvalue weighted by Gasteiger charge is -2.33. The summed E-state index contributed by atoms with van der Waals surface area (Å²) in [6, 6.07) is 4.96. The van der Waals surface area contributed by atoms with Gasteiger partial charge in [-0.15, -0.1) is 0 Å². The van der Waals surface area contributed by atoms with Crippen molar-refractivity contribution in [1.29, 1.82) is 0 Å². The van der Waals surface area contributed by atoms with Gasteiger partial charge >= 0.3 is 6.18 Å². The van der Waals surface area contributed by atoms with Crippen LogP contribution in [0.4, 0.5) is 13.2 Å². The number of nitrogens with two attached hydrogens (primary N) is 1. The molecule has 0 saturated heterocycles. The second kappa shape index (κ2) is 6.39. The molecular weight excluding hydrogens is 253 g/mol. The quantitative estimate of drug-likeness (QED) is 0.894. The number of rotatable bonds is 5. The van der Waals surface area contributed by atoms with E-state index in [2.05, 4.69) is 0 Å². The molecule has 0 aliphatic heterocycles. The van der Waals surface area contributed by atoms with Crippen LogP contribution in [-0.2, 0) is 6.54 Å². The van der Waals surface area contributed by atoms with E-state index >= 15 is 0 Å². The highest BCUT2D eigenvalue weighted by molar-refractivity contribution is 5.22. The molecule has 0 heterocycles. The molecule has 2 atom stereocenters.